The van der Waals surface area contributed by atoms with Crippen molar-refractivity contribution < 1.29 is 9.53 Å². The van der Waals surface area contributed by atoms with E-state index in [-0.39, 0.29) is 5.54 Å². The summed E-state index contributed by atoms with van der Waals surface area (Å²) in [6.45, 7) is 2.79. The molecule has 1 saturated carbocycles. The quantitative estimate of drug-likeness (QED) is 0.607. The van der Waals surface area contributed by atoms with E-state index in [1.165, 1.54) is 11.1 Å². The van der Waals surface area contributed by atoms with Crippen LogP contribution in [0.1, 0.15) is 36.0 Å². The highest BCUT2D eigenvalue weighted by Gasteiger charge is 2.46. The van der Waals surface area contributed by atoms with Gasteiger partial charge in [-0.25, -0.2) is 4.79 Å². The molecule has 1 aromatic carbocycles. The molecule has 3 rings (SSSR count). The van der Waals surface area contributed by atoms with E-state index in [1.54, 1.807) is 6.08 Å². The van der Waals surface area contributed by atoms with Crippen LogP contribution in [-0.2, 0) is 16.8 Å². The second kappa shape index (κ2) is 4.11. The minimum Gasteiger partial charge on any atom is -0.492 e. The molecule has 0 amide bonds. The number of fused-ring (bicyclic) bond motifs is 1. The molecule has 4 heteroatoms. The van der Waals surface area contributed by atoms with E-state index >= 15 is 0 Å². The number of benzene rings is 1. The molecule has 0 bridgehead atoms. The minimum absolute atomic E-state index is 0.359. The third kappa shape index (κ3) is 1.66. The molecule has 1 aliphatic heterocycles. The van der Waals surface area contributed by atoms with Crippen molar-refractivity contribution in [2.45, 2.75) is 38.1 Å². The van der Waals surface area contributed by atoms with Crippen LogP contribution in [0.25, 0.3) is 0 Å². The van der Waals surface area contributed by atoms with Gasteiger partial charge in [0.25, 0.3) is 0 Å². The summed E-state index contributed by atoms with van der Waals surface area (Å²) in [5, 5.41) is 0.637. The molecule has 0 spiro atoms. The zero-order chi connectivity index (χ0) is 12.8. The molecule has 0 N–H and O–H groups in total. The number of carbonyl (C=O) groups excluding carboxylic acids is 1. The van der Waals surface area contributed by atoms with Gasteiger partial charge in [0.2, 0.25) is 6.08 Å². The molecule has 1 heterocycles. The van der Waals surface area contributed by atoms with Crippen molar-refractivity contribution >= 4 is 17.7 Å². The number of aliphatic imine (C=N–C) groups is 1. The molecule has 1 fully saturated rings. The molecule has 2 aliphatic rings. The summed E-state index contributed by atoms with van der Waals surface area (Å²) in [7, 11) is 0. The van der Waals surface area contributed by atoms with Crippen molar-refractivity contribution in [2.75, 3.05) is 6.61 Å². The third-order valence-corrected chi connectivity index (χ3v) is 4.20. The predicted octanol–water partition coefficient (Wildman–Crippen LogP) is 3.30. The van der Waals surface area contributed by atoms with E-state index in [0.717, 1.165) is 43.6 Å². The highest BCUT2D eigenvalue weighted by molar-refractivity contribution is 6.32. The van der Waals surface area contributed by atoms with Crippen molar-refractivity contribution in [1.29, 1.82) is 0 Å². The first-order chi connectivity index (χ1) is 8.68. The first-order valence-electron chi connectivity index (χ1n) is 6.22. The summed E-state index contributed by atoms with van der Waals surface area (Å²) in [6, 6.07) is 1.91. The van der Waals surface area contributed by atoms with Crippen LogP contribution in [0.2, 0.25) is 5.02 Å². The molecule has 3 nitrogen and oxygen atoms in total. The first kappa shape index (κ1) is 11.8. The highest BCUT2D eigenvalue weighted by Crippen LogP contribution is 2.53. The fraction of sp³-hybridized carbons (Fsp3) is 0.500. The molecule has 0 aromatic heterocycles. The van der Waals surface area contributed by atoms with Crippen LogP contribution in [-0.4, -0.2) is 12.7 Å². The topological polar surface area (TPSA) is 38.7 Å². The van der Waals surface area contributed by atoms with Crippen LogP contribution in [0, 0.1) is 6.92 Å². The summed E-state index contributed by atoms with van der Waals surface area (Å²) in [4.78, 5) is 14.6. The Morgan fingerprint density at radius 3 is 2.94 bits per heavy atom. The maximum atomic E-state index is 10.6. The van der Waals surface area contributed by atoms with Crippen LogP contribution < -0.4 is 4.74 Å². The lowest BCUT2D eigenvalue weighted by atomic mass is 9.91. The van der Waals surface area contributed by atoms with Crippen molar-refractivity contribution in [3.63, 3.8) is 0 Å². The van der Waals surface area contributed by atoms with Gasteiger partial charge in [-0.1, -0.05) is 11.6 Å². The van der Waals surface area contributed by atoms with E-state index in [0.29, 0.717) is 5.02 Å². The minimum atomic E-state index is -0.359. The van der Waals surface area contributed by atoms with Crippen molar-refractivity contribution in [2.24, 2.45) is 4.99 Å². The monoisotopic (exact) mass is 263 g/mol. The zero-order valence-corrected chi connectivity index (χ0v) is 11.0. The number of nitrogens with zero attached hydrogens (tertiary/aromatic N) is 1. The number of rotatable bonds is 2. The lowest BCUT2D eigenvalue weighted by Gasteiger charge is -2.24. The number of ether oxygens (including phenoxy) is 1. The Labute approximate surface area is 111 Å². The Morgan fingerprint density at radius 2 is 2.28 bits per heavy atom. The van der Waals surface area contributed by atoms with Crippen LogP contribution >= 0.6 is 11.6 Å². The van der Waals surface area contributed by atoms with Crippen LogP contribution in [0.4, 0.5) is 0 Å². The molecule has 0 atom stereocenters. The van der Waals surface area contributed by atoms with E-state index in [1.807, 2.05) is 6.07 Å². The molecule has 0 radical (unpaired) electrons. The van der Waals surface area contributed by atoms with Gasteiger partial charge in [0, 0.05) is 0 Å². The fourth-order valence-corrected chi connectivity index (χ4v) is 3.07. The van der Waals surface area contributed by atoms with Gasteiger partial charge in [-0.3, -0.25) is 0 Å². The zero-order valence-electron chi connectivity index (χ0n) is 10.3. The lowest BCUT2D eigenvalue weighted by molar-refractivity contribution is 0.287. The normalized spacial score (nSPS) is 19.4. The first-order valence-corrected chi connectivity index (χ1v) is 6.60. The maximum Gasteiger partial charge on any atom is 0.235 e. The van der Waals surface area contributed by atoms with Gasteiger partial charge in [-0.2, -0.15) is 4.99 Å². The summed E-state index contributed by atoms with van der Waals surface area (Å²) in [5.74, 6) is 0.815. The second-order valence-electron chi connectivity index (χ2n) is 5.03. The van der Waals surface area contributed by atoms with Crippen molar-refractivity contribution in [1.82, 2.24) is 0 Å². The van der Waals surface area contributed by atoms with Gasteiger partial charge in [-0.15, -0.1) is 0 Å². The third-order valence-electron chi connectivity index (χ3n) is 3.92. The average Bonchev–Trinajstić information content (AvgIpc) is 3.15. The number of hydrogen-bond acceptors (Lipinski definition) is 3. The van der Waals surface area contributed by atoms with Gasteiger partial charge >= 0.3 is 0 Å². The van der Waals surface area contributed by atoms with Crippen molar-refractivity contribution in [3.8, 4) is 5.75 Å². The van der Waals surface area contributed by atoms with Crippen LogP contribution in [0.3, 0.4) is 0 Å². The fourth-order valence-electron chi connectivity index (χ4n) is 2.79. The Bertz CT molecular complexity index is 557. The summed E-state index contributed by atoms with van der Waals surface area (Å²) in [6.07, 6.45) is 5.49. The molecule has 0 unspecified atom stereocenters. The van der Waals surface area contributed by atoms with Crippen molar-refractivity contribution in [3.05, 3.63) is 27.8 Å². The molecule has 18 heavy (non-hydrogen) atoms. The lowest BCUT2D eigenvalue weighted by Crippen LogP contribution is -2.14. The highest BCUT2D eigenvalue weighted by atomic mass is 35.5. The average molecular weight is 264 g/mol. The molecular formula is C14H14ClNO2. The molecular weight excluding hydrogens is 250 g/mol. The standard InChI is InChI=1S/C14H14ClNO2/c1-9-10-3-2-6-18-13(10)12(15)7-11(9)14(4-5-14)16-8-17/h7H,2-6H2,1H3. The summed E-state index contributed by atoms with van der Waals surface area (Å²) < 4.78 is 5.64. The second-order valence-corrected chi connectivity index (χ2v) is 5.43. The number of halogens is 1. The largest absolute Gasteiger partial charge is 0.492 e. The van der Waals surface area contributed by atoms with Gasteiger partial charge < -0.3 is 4.74 Å². The number of isocyanates is 1. The molecule has 1 aromatic rings. The van der Waals surface area contributed by atoms with Gasteiger partial charge in [0.15, 0.2) is 0 Å². The Balaban J connectivity index is 2.17. The van der Waals surface area contributed by atoms with Gasteiger partial charge in [-0.05, 0) is 55.4 Å². The molecule has 1 aliphatic carbocycles. The van der Waals surface area contributed by atoms with Crippen LogP contribution in [0.15, 0.2) is 11.1 Å². The van der Waals surface area contributed by atoms with E-state index in [2.05, 4.69) is 11.9 Å². The van der Waals surface area contributed by atoms with E-state index < -0.39 is 0 Å². The smallest absolute Gasteiger partial charge is 0.235 e. The molecule has 94 valence electrons. The molecule has 0 saturated heterocycles. The summed E-state index contributed by atoms with van der Waals surface area (Å²) in [5.41, 5.74) is 3.06. The Morgan fingerprint density at radius 1 is 1.50 bits per heavy atom. The van der Waals surface area contributed by atoms with Crippen LogP contribution in [0.5, 0.6) is 5.75 Å². The summed E-state index contributed by atoms with van der Waals surface area (Å²) >= 11 is 6.29. The number of hydrogen-bond donors (Lipinski definition) is 0. The Kier molecular flexibility index (Phi) is 2.69. The van der Waals surface area contributed by atoms with Gasteiger partial charge in [0.1, 0.15) is 5.75 Å². The van der Waals surface area contributed by atoms with E-state index in [9.17, 15) is 4.79 Å². The maximum absolute atomic E-state index is 10.6. The van der Waals surface area contributed by atoms with E-state index in [4.69, 9.17) is 16.3 Å². The SMILES string of the molecule is Cc1c(C2(N=C=O)CC2)cc(Cl)c2c1CCCO2. The predicted molar refractivity (Wildman–Crippen MR) is 69.0 cm³/mol. The van der Waals surface area contributed by atoms with Gasteiger partial charge in [0.05, 0.1) is 17.2 Å². The Hall–Kier alpha value is -1.31.